The predicted molar refractivity (Wildman–Crippen MR) is 51.6 cm³/mol. The highest BCUT2D eigenvalue weighted by molar-refractivity contribution is 5.92. The molecule has 0 radical (unpaired) electrons. The molecule has 0 spiro atoms. The van der Waals surface area contributed by atoms with E-state index in [2.05, 4.69) is 9.97 Å². The molecule has 0 fully saturated rings. The van der Waals surface area contributed by atoms with Crippen molar-refractivity contribution in [2.75, 3.05) is 5.73 Å². The largest absolute Gasteiger partial charge is 0.478 e. The first-order valence-corrected chi connectivity index (χ1v) is 3.51. The standard InChI is InChI=1S/C7H6N4O2.ClH/c8-5-4(6(12)13)3-10-7-9-1-2-11(5)7;/h1-3H,8H2,(H,12,13);1H. The monoisotopic (exact) mass is 214 g/mol. The minimum atomic E-state index is -1.10. The summed E-state index contributed by atoms with van der Waals surface area (Å²) >= 11 is 0. The van der Waals surface area contributed by atoms with E-state index in [0.717, 1.165) is 0 Å². The molecule has 74 valence electrons. The number of nitrogens with zero attached hydrogens (tertiary/aromatic N) is 3. The summed E-state index contributed by atoms with van der Waals surface area (Å²) in [5.41, 5.74) is 5.54. The van der Waals surface area contributed by atoms with E-state index in [0.29, 0.717) is 5.78 Å². The third-order valence-electron chi connectivity index (χ3n) is 1.70. The lowest BCUT2D eigenvalue weighted by molar-refractivity contribution is 0.0697. The Labute approximate surface area is 84.8 Å². The fraction of sp³-hybridized carbons (Fsp3) is 0. The Bertz CT molecular complexity index is 481. The summed E-state index contributed by atoms with van der Waals surface area (Å²) in [6.07, 6.45) is 4.26. The highest BCUT2D eigenvalue weighted by atomic mass is 35.5. The third kappa shape index (κ3) is 1.35. The zero-order chi connectivity index (χ0) is 9.42. The number of halogens is 1. The van der Waals surface area contributed by atoms with Crippen LogP contribution < -0.4 is 5.73 Å². The van der Waals surface area contributed by atoms with Crippen molar-refractivity contribution in [3.8, 4) is 0 Å². The van der Waals surface area contributed by atoms with E-state index in [1.807, 2.05) is 0 Å². The van der Waals surface area contributed by atoms with E-state index < -0.39 is 5.97 Å². The van der Waals surface area contributed by atoms with Crippen molar-refractivity contribution in [2.24, 2.45) is 0 Å². The summed E-state index contributed by atoms with van der Waals surface area (Å²) < 4.78 is 1.42. The third-order valence-corrected chi connectivity index (χ3v) is 1.70. The van der Waals surface area contributed by atoms with Gasteiger partial charge in [0.05, 0.1) is 0 Å². The highest BCUT2D eigenvalue weighted by Crippen LogP contribution is 2.11. The van der Waals surface area contributed by atoms with Crippen molar-refractivity contribution in [1.29, 1.82) is 0 Å². The average Bonchev–Trinajstić information content (AvgIpc) is 2.52. The molecule has 0 aromatic carbocycles. The zero-order valence-corrected chi connectivity index (χ0v) is 7.73. The van der Waals surface area contributed by atoms with Gasteiger partial charge in [0.1, 0.15) is 11.4 Å². The van der Waals surface area contributed by atoms with Crippen LogP contribution in [0.3, 0.4) is 0 Å². The SMILES string of the molecule is Cl.Nc1c(C(=O)O)cnc2nccn12. The molecule has 2 aromatic heterocycles. The van der Waals surface area contributed by atoms with Crippen molar-refractivity contribution in [3.63, 3.8) is 0 Å². The Morgan fingerprint density at radius 1 is 1.50 bits per heavy atom. The van der Waals surface area contributed by atoms with Gasteiger partial charge in [-0.3, -0.25) is 4.40 Å². The number of carboxylic acid groups (broad SMARTS) is 1. The minimum Gasteiger partial charge on any atom is -0.478 e. The summed E-state index contributed by atoms with van der Waals surface area (Å²) in [6.45, 7) is 0. The molecule has 0 aliphatic heterocycles. The van der Waals surface area contributed by atoms with Crippen LogP contribution in [0.4, 0.5) is 5.82 Å². The maximum atomic E-state index is 10.6. The number of aromatic nitrogens is 3. The number of hydrogen-bond donors (Lipinski definition) is 2. The summed E-state index contributed by atoms with van der Waals surface area (Å²) in [7, 11) is 0. The molecule has 0 amide bonds. The summed E-state index contributed by atoms with van der Waals surface area (Å²) in [4.78, 5) is 18.3. The van der Waals surface area contributed by atoms with E-state index in [-0.39, 0.29) is 23.8 Å². The molecule has 2 rings (SSSR count). The van der Waals surface area contributed by atoms with Crippen LogP contribution in [0, 0.1) is 0 Å². The van der Waals surface area contributed by atoms with Gasteiger partial charge in [0.25, 0.3) is 0 Å². The number of hydrogen-bond acceptors (Lipinski definition) is 4. The molecule has 14 heavy (non-hydrogen) atoms. The van der Waals surface area contributed by atoms with Crippen molar-refractivity contribution in [1.82, 2.24) is 14.4 Å². The Morgan fingerprint density at radius 3 is 2.86 bits per heavy atom. The van der Waals surface area contributed by atoms with Crippen LogP contribution in [0.5, 0.6) is 0 Å². The number of rotatable bonds is 1. The number of imidazole rings is 1. The predicted octanol–water partition coefficient (Wildman–Crippen LogP) is 0.431. The molecule has 6 nitrogen and oxygen atoms in total. The number of anilines is 1. The Balaban J connectivity index is 0.000000980. The summed E-state index contributed by atoms with van der Waals surface area (Å²) in [5.74, 6) is -0.571. The Morgan fingerprint density at radius 2 is 2.21 bits per heavy atom. The van der Waals surface area contributed by atoms with Gasteiger partial charge in [-0.2, -0.15) is 0 Å². The first-order chi connectivity index (χ1) is 6.20. The van der Waals surface area contributed by atoms with Gasteiger partial charge in [0.2, 0.25) is 5.78 Å². The number of carboxylic acids is 1. The second kappa shape index (κ2) is 3.51. The molecule has 0 aliphatic rings. The van der Waals surface area contributed by atoms with Crippen molar-refractivity contribution in [2.45, 2.75) is 0 Å². The molecule has 2 aromatic rings. The van der Waals surface area contributed by atoms with Crippen LogP contribution in [0.15, 0.2) is 18.6 Å². The van der Waals surface area contributed by atoms with Gasteiger partial charge in [-0.25, -0.2) is 14.8 Å². The smallest absolute Gasteiger partial charge is 0.340 e. The molecule has 0 unspecified atom stereocenters. The normalized spacial score (nSPS) is 9.71. The topological polar surface area (TPSA) is 93.5 Å². The fourth-order valence-electron chi connectivity index (χ4n) is 1.06. The maximum Gasteiger partial charge on any atom is 0.340 e. The van der Waals surface area contributed by atoms with Crippen molar-refractivity contribution in [3.05, 3.63) is 24.2 Å². The van der Waals surface area contributed by atoms with Crippen LogP contribution in [0.2, 0.25) is 0 Å². The van der Waals surface area contributed by atoms with E-state index in [4.69, 9.17) is 10.8 Å². The highest BCUT2D eigenvalue weighted by Gasteiger charge is 2.11. The zero-order valence-electron chi connectivity index (χ0n) is 6.91. The number of nitrogens with two attached hydrogens (primary N) is 1. The molecule has 0 saturated carbocycles. The van der Waals surface area contributed by atoms with Crippen molar-refractivity contribution < 1.29 is 9.90 Å². The first-order valence-electron chi connectivity index (χ1n) is 3.51. The van der Waals surface area contributed by atoms with Crippen LogP contribution in [-0.4, -0.2) is 25.4 Å². The Kier molecular flexibility index (Phi) is 2.57. The van der Waals surface area contributed by atoms with E-state index >= 15 is 0 Å². The lowest BCUT2D eigenvalue weighted by atomic mass is 10.3. The second-order valence-corrected chi connectivity index (χ2v) is 2.46. The minimum absolute atomic E-state index is 0. The second-order valence-electron chi connectivity index (χ2n) is 2.46. The molecular weight excluding hydrogens is 208 g/mol. The van der Waals surface area contributed by atoms with E-state index in [9.17, 15) is 4.79 Å². The van der Waals surface area contributed by atoms with Gasteiger partial charge in [-0.15, -0.1) is 12.4 Å². The average molecular weight is 215 g/mol. The number of fused-ring (bicyclic) bond motifs is 1. The van der Waals surface area contributed by atoms with Crippen molar-refractivity contribution >= 4 is 30.0 Å². The summed E-state index contributed by atoms with van der Waals surface area (Å²) in [6, 6.07) is 0. The van der Waals surface area contributed by atoms with Crippen LogP contribution >= 0.6 is 12.4 Å². The molecule has 0 atom stereocenters. The molecule has 3 N–H and O–H groups in total. The molecule has 2 heterocycles. The van der Waals surface area contributed by atoms with Gasteiger partial charge in [0.15, 0.2) is 0 Å². The molecule has 0 aliphatic carbocycles. The quantitative estimate of drug-likeness (QED) is 0.718. The molecular formula is C7H7ClN4O2. The summed E-state index contributed by atoms with van der Waals surface area (Å²) in [5, 5.41) is 8.71. The van der Waals surface area contributed by atoms with Gasteiger partial charge in [-0.05, 0) is 0 Å². The Hall–Kier alpha value is -1.82. The van der Waals surface area contributed by atoms with E-state index in [1.54, 1.807) is 6.20 Å². The van der Waals surface area contributed by atoms with Crippen LogP contribution in [-0.2, 0) is 0 Å². The van der Waals surface area contributed by atoms with Crippen LogP contribution in [0.25, 0.3) is 5.78 Å². The molecule has 7 heteroatoms. The van der Waals surface area contributed by atoms with Gasteiger partial charge >= 0.3 is 5.97 Å². The van der Waals surface area contributed by atoms with E-state index in [1.165, 1.54) is 16.8 Å². The fourth-order valence-corrected chi connectivity index (χ4v) is 1.06. The number of aromatic carboxylic acids is 1. The van der Waals surface area contributed by atoms with Gasteiger partial charge in [-0.1, -0.05) is 0 Å². The van der Waals surface area contributed by atoms with Gasteiger partial charge < -0.3 is 10.8 Å². The lowest BCUT2D eigenvalue weighted by Gasteiger charge is -2.01. The lowest BCUT2D eigenvalue weighted by Crippen LogP contribution is -2.08. The molecule has 0 saturated heterocycles. The molecule has 0 bridgehead atoms. The number of nitrogen functional groups attached to an aromatic ring is 1. The maximum absolute atomic E-state index is 10.6. The first kappa shape index (κ1) is 10.3. The van der Waals surface area contributed by atoms with Crippen LogP contribution in [0.1, 0.15) is 10.4 Å². The number of carbonyl (C=O) groups is 1. The van der Waals surface area contributed by atoms with Gasteiger partial charge in [0, 0.05) is 18.6 Å².